The second-order valence-corrected chi connectivity index (χ2v) is 7.47. The summed E-state index contributed by atoms with van der Waals surface area (Å²) in [6.45, 7) is 0.183. The molecule has 2 aromatic carbocycles. The van der Waals surface area contributed by atoms with Crippen molar-refractivity contribution in [3.63, 3.8) is 0 Å². The Balaban J connectivity index is 1.56. The highest BCUT2D eigenvalue weighted by molar-refractivity contribution is 5.81. The number of rotatable bonds is 5. The molecule has 0 atom stereocenters. The lowest BCUT2D eigenvalue weighted by atomic mass is 10.2. The van der Waals surface area contributed by atoms with Gasteiger partial charge in [0.2, 0.25) is 11.8 Å². The quantitative estimate of drug-likeness (QED) is 0.440. The smallest absolute Gasteiger partial charge is 0.421 e. The van der Waals surface area contributed by atoms with Gasteiger partial charge in [-0.25, -0.2) is 4.98 Å². The number of allylic oxidation sites excluding steroid dienone is 2. The summed E-state index contributed by atoms with van der Waals surface area (Å²) in [7, 11) is 0. The number of fused-ring (bicyclic) bond motifs is 1. The number of hydrogen-bond donors (Lipinski definition) is 1. The highest BCUT2D eigenvalue weighted by Crippen LogP contribution is 2.32. The van der Waals surface area contributed by atoms with E-state index in [1.165, 1.54) is 24.5 Å². The predicted molar refractivity (Wildman–Crippen MR) is 123 cm³/mol. The van der Waals surface area contributed by atoms with Crippen molar-refractivity contribution in [2.75, 3.05) is 6.54 Å². The lowest BCUT2D eigenvalue weighted by molar-refractivity contribution is -0.0913. The minimum absolute atomic E-state index is 0.0562. The molecule has 10 heteroatoms. The first-order valence-corrected chi connectivity index (χ1v) is 10.5. The third-order valence-electron chi connectivity index (χ3n) is 5.15. The van der Waals surface area contributed by atoms with E-state index in [2.05, 4.69) is 15.3 Å². The van der Waals surface area contributed by atoms with Crippen molar-refractivity contribution in [2.45, 2.75) is 6.18 Å². The average molecular weight is 478 g/mol. The van der Waals surface area contributed by atoms with Crippen molar-refractivity contribution in [3.8, 4) is 23.1 Å². The maximum Gasteiger partial charge on any atom is 0.421 e. The summed E-state index contributed by atoms with van der Waals surface area (Å²) in [4.78, 5) is 20.8. The molecule has 0 aliphatic carbocycles. The van der Waals surface area contributed by atoms with E-state index in [1.807, 2.05) is 18.2 Å². The van der Waals surface area contributed by atoms with Crippen LogP contribution in [0.5, 0.6) is 17.4 Å². The molecule has 0 unspecified atom stereocenters. The molecule has 1 aliphatic rings. The molecule has 4 aromatic rings. The fraction of sp³-hybridized carbons (Fsp3) is 0.0800. The molecule has 3 heterocycles. The lowest BCUT2D eigenvalue weighted by Crippen LogP contribution is -2.28. The first kappa shape index (κ1) is 22.2. The average Bonchev–Trinajstić information content (AvgIpc) is 2.85. The zero-order chi connectivity index (χ0) is 24.4. The maximum absolute atomic E-state index is 13.3. The van der Waals surface area contributed by atoms with E-state index in [4.69, 9.17) is 9.47 Å². The summed E-state index contributed by atoms with van der Waals surface area (Å²) in [5.74, 6) is 0.475. The number of ether oxygens (including phenoxy) is 2. The van der Waals surface area contributed by atoms with Crippen LogP contribution in [0.1, 0.15) is 0 Å². The number of halogens is 3. The molecule has 7 nitrogen and oxygen atoms in total. The van der Waals surface area contributed by atoms with Crippen molar-refractivity contribution in [3.05, 3.63) is 107 Å². The van der Waals surface area contributed by atoms with E-state index in [0.29, 0.717) is 17.0 Å². The molecule has 1 aliphatic heterocycles. The molecule has 2 aromatic heterocycles. The van der Waals surface area contributed by atoms with Crippen LogP contribution in [0.4, 0.5) is 13.2 Å². The Kier molecular flexibility index (Phi) is 5.69. The molecule has 0 saturated heterocycles. The Hall–Kier alpha value is -4.60. The Morgan fingerprint density at radius 3 is 2.57 bits per heavy atom. The normalized spacial score (nSPS) is 13.6. The summed E-state index contributed by atoms with van der Waals surface area (Å²) in [6, 6.07) is 16.9. The van der Waals surface area contributed by atoms with Crippen LogP contribution in [-0.2, 0) is 0 Å². The number of benzene rings is 2. The Labute approximate surface area is 196 Å². The van der Waals surface area contributed by atoms with Crippen LogP contribution in [-0.4, -0.2) is 27.3 Å². The summed E-state index contributed by atoms with van der Waals surface area (Å²) in [5.41, 5.74) is -0.531. The number of dihydropyridines is 1. The van der Waals surface area contributed by atoms with Gasteiger partial charge in [-0.15, -0.1) is 0 Å². The van der Waals surface area contributed by atoms with Gasteiger partial charge in [-0.3, -0.25) is 9.36 Å². The number of nitrogens with zero attached hydrogens (tertiary/aromatic N) is 3. The molecule has 0 spiro atoms. The second kappa shape index (κ2) is 8.98. The first-order valence-electron chi connectivity index (χ1n) is 10.5. The van der Waals surface area contributed by atoms with Gasteiger partial charge in [0.05, 0.1) is 10.9 Å². The van der Waals surface area contributed by atoms with Crippen molar-refractivity contribution < 1.29 is 22.6 Å². The van der Waals surface area contributed by atoms with Gasteiger partial charge in [-0.2, -0.15) is 18.2 Å². The molecule has 176 valence electrons. The third kappa shape index (κ3) is 4.58. The fourth-order valence-corrected chi connectivity index (χ4v) is 3.57. The number of para-hydroxylation sites is 1. The van der Waals surface area contributed by atoms with E-state index in [1.54, 1.807) is 41.1 Å². The predicted octanol–water partition coefficient (Wildman–Crippen LogP) is 4.89. The highest BCUT2D eigenvalue weighted by Gasteiger charge is 2.37. The number of pyridine rings is 1. The molecule has 0 radical (unpaired) electrons. The molecule has 1 N–H and O–H groups in total. The second-order valence-electron chi connectivity index (χ2n) is 7.47. The van der Waals surface area contributed by atoms with Crippen LogP contribution in [0, 0.1) is 0 Å². The van der Waals surface area contributed by atoms with Gasteiger partial charge in [-0.1, -0.05) is 24.3 Å². The van der Waals surface area contributed by atoms with Gasteiger partial charge in [0.1, 0.15) is 29.1 Å². The minimum Gasteiger partial charge on any atom is -0.441 e. The summed E-state index contributed by atoms with van der Waals surface area (Å²) in [5, 5.41) is 2.73. The number of alkyl halides is 3. The third-order valence-corrected chi connectivity index (χ3v) is 5.15. The summed E-state index contributed by atoms with van der Waals surface area (Å²) in [6.07, 6.45) is 0.626. The van der Waals surface area contributed by atoms with Crippen LogP contribution in [0.15, 0.2) is 102 Å². The number of aromatic nitrogens is 3. The highest BCUT2D eigenvalue weighted by atomic mass is 19.4. The van der Waals surface area contributed by atoms with E-state index in [9.17, 15) is 18.0 Å². The Bertz CT molecular complexity index is 1510. The van der Waals surface area contributed by atoms with Crippen LogP contribution in [0.25, 0.3) is 16.6 Å². The topological polar surface area (TPSA) is 78.3 Å². The van der Waals surface area contributed by atoms with Gasteiger partial charge in [0, 0.05) is 12.7 Å². The van der Waals surface area contributed by atoms with Gasteiger partial charge in [0.15, 0.2) is 0 Å². The van der Waals surface area contributed by atoms with Crippen LogP contribution in [0.3, 0.4) is 0 Å². The van der Waals surface area contributed by atoms with E-state index >= 15 is 0 Å². The molecule has 0 amide bonds. The molecule has 0 bridgehead atoms. The molecule has 5 rings (SSSR count). The number of nitrogens with one attached hydrogen (secondary N) is 1. The van der Waals surface area contributed by atoms with Gasteiger partial charge in [-0.05, 0) is 48.5 Å². The fourth-order valence-electron chi connectivity index (χ4n) is 3.57. The molecule has 35 heavy (non-hydrogen) atoms. The van der Waals surface area contributed by atoms with Gasteiger partial charge in [0.25, 0.3) is 5.56 Å². The molecule has 0 fully saturated rings. The Morgan fingerprint density at radius 2 is 1.77 bits per heavy atom. The Morgan fingerprint density at radius 1 is 0.943 bits per heavy atom. The van der Waals surface area contributed by atoms with Crippen LogP contribution in [0.2, 0.25) is 0 Å². The molecular weight excluding hydrogens is 461 g/mol. The van der Waals surface area contributed by atoms with Crippen molar-refractivity contribution in [1.82, 2.24) is 19.9 Å². The molecule has 0 saturated carbocycles. The zero-order valence-electron chi connectivity index (χ0n) is 18.0. The minimum atomic E-state index is -4.60. The first-order chi connectivity index (χ1) is 16.9. The van der Waals surface area contributed by atoms with E-state index in [-0.39, 0.29) is 23.6 Å². The van der Waals surface area contributed by atoms with Crippen LogP contribution < -0.4 is 20.3 Å². The standard InChI is InChI=1S/C25H17F3N4O3/c26-25(27,28)19-8-4-12-29-23(19)35-17-10-11-20-18(14-17)22(33)31-15-32(20)21-9-5-13-30-24(21)34-16-6-2-1-3-7-16/h1-11,13-15,29H,12H2. The van der Waals surface area contributed by atoms with Gasteiger partial charge >= 0.3 is 6.18 Å². The number of hydrogen-bond acceptors (Lipinski definition) is 6. The SMILES string of the molecule is O=c1ncn(-c2cccnc2Oc2ccccc2)c2ccc(OC3=C(C(F)(F)F)C=CCN3)cc12. The molecular formula is C25H17F3N4O3. The largest absolute Gasteiger partial charge is 0.441 e. The van der Waals surface area contributed by atoms with E-state index < -0.39 is 23.2 Å². The lowest BCUT2D eigenvalue weighted by Gasteiger charge is -2.20. The van der Waals surface area contributed by atoms with Crippen molar-refractivity contribution in [2.24, 2.45) is 0 Å². The zero-order valence-corrected chi connectivity index (χ0v) is 18.0. The summed E-state index contributed by atoms with van der Waals surface area (Å²) >= 11 is 0. The van der Waals surface area contributed by atoms with Gasteiger partial charge < -0.3 is 14.8 Å². The monoisotopic (exact) mass is 478 g/mol. The maximum atomic E-state index is 13.3. The van der Waals surface area contributed by atoms with Crippen LogP contribution >= 0.6 is 0 Å². The van der Waals surface area contributed by atoms with Crippen molar-refractivity contribution >= 4 is 10.9 Å². The van der Waals surface area contributed by atoms with Crippen molar-refractivity contribution in [1.29, 1.82) is 0 Å². The van der Waals surface area contributed by atoms with E-state index in [0.717, 1.165) is 6.08 Å². The summed E-state index contributed by atoms with van der Waals surface area (Å²) < 4.78 is 53.0.